The Morgan fingerprint density at radius 2 is 2.21 bits per heavy atom. The van der Waals surface area contributed by atoms with Crippen molar-refractivity contribution in [2.24, 2.45) is 0 Å². The minimum absolute atomic E-state index is 0.0713. The van der Waals surface area contributed by atoms with E-state index in [1.807, 2.05) is 0 Å². The summed E-state index contributed by atoms with van der Waals surface area (Å²) in [6.07, 6.45) is 1.57. The van der Waals surface area contributed by atoms with Crippen molar-refractivity contribution in [3.05, 3.63) is 63.8 Å². The lowest BCUT2D eigenvalue weighted by molar-refractivity contribution is -0.0501. The van der Waals surface area contributed by atoms with Crippen LogP contribution in [0.4, 0.5) is 8.78 Å². The van der Waals surface area contributed by atoms with Gasteiger partial charge in [-0.25, -0.2) is 4.98 Å². The number of benzene rings is 1. The summed E-state index contributed by atoms with van der Waals surface area (Å²) in [5.41, 5.74) is 1.17. The van der Waals surface area contributed by atoms with Crippen molar-refractivity contribution in [3.63, 3.8) is 0 Å². The number of fused-ring (bicyclic) bond motifs is 1. The molecule has 146 valence electrons. The number of aromatic nitrogens is 2. The van der Waals surface area contributed by atoms with Gasteiger partial charge in [-0.15, -0.1) is 17.9 Å². The summed E-state index contributed by atoms with van der Waals surface area (Å²) in [6, 6.07) is 6.19. The SMILES string of the molecule is C=CCn1c(SCC(=O)c2cc(C)ccc2OC(F)F)nc2ccsc2c1=O. The van der Waals surface area contributed by atoms with Gasteiger partial charge in [0.05, 0.1) is 16.8 Å². The van der Waals surface area contributed by atoms with Gasteiger partial charge >= 0.3 is 6.61 Å². The van der Waals surface area contributed by atoms with Crippen LogP contribution in [0.5, 0.6) is 5.75 Å². The van der Waals surface area contributed by atoms with Gasteiger partial charge in [-0.2, -0.15) is 8.78 Å². The predicted molar refractivity (Wildman–Crippen MR) is 107 cm³/mol. The molecule has 0 saturated heterocycles. The number of thiophene rings is 1. The van der Waals surface area contributed by atoms with E-state index in [9.17, 15) is 18.4 Å². The molecule has 2 aromatic heterocycles. The highest BCUT2D eigenvalue weighted by molar-refractivity contribution is 7.99. The number of Topliss-reactive ketones (excluding diaryl/α,β-unsaturated/α-hetero) is 1. The van der Waals surface area contributed by atoms with Crippen molar-refractivity contribution in [2.45, 2.75) is 25.2 Å². The van der Waals surface area contributed by atoms with Gasteiger partial charge in [-0.3, -0.25) is 14.2 Å². The maximum Gasteiger partial charge on any atom is 0.387 e. The lowest BCUT2D eigenvalue weighted by Gasteiger charge is -2.12. The first-order chi connectivity index (χ1) is 13.4. The summed E-state index contributed by atoms with van der Waals surface area (Å²) in [4.78, 5) is 29.7. The minimum atomic E-state index is -3.03. The van der Waals surface area contributed by atoms with E-state index in [1.165, 1.54) is 28.0 Å². The molecule has 28 heavy (non-hydrogen) atoms. The van der Waals surface area contributed by atoms with Crippen molar-refractivity contribution in [2.75, 3.05) is 5.75 Å². The maximum atomic E-state index is 12.7. The molecule has 2 heterocycles. The number of rotatable bonds is 8. The Labute approximate surface area is 167 Å². The average molecular weight is 422 g/mol. The predicted octanol–water partition coefficient (Wildman–Crippen LogP) is 4.53. The molecule has 0 aliphatic carbocycles. The van der Waals surface area contributed by atoms with Crippen LogP contribution in [0.15, 0.2) is 52.3 Å². The Morgan fingerprint density at radius 3 is 2.93 bits per heavy atom. The van der Waals surface area contributed by atoms with E-state index in [1.54, 1.807) is 30.5 Å². The number of carbonyl (C=O) groups excluding carboxylic acids is 1. The highest BCUT2D eigenvalue weighted by Gasteiger charge is 2.18. The number of halogens is 2. The summed E-state index contributed by atoms with van der Waals surface area (Å²) in [5.74, 6) is -0.646. The first-order valence-electron chi connectivity index (χ1n) is 8.21. The van der Waals surface area contributed by atoms with E-state index in [0.717, 1.165) is 17.3 Å². The van der Waals surface area contributed by atoms with Crippen LogP contribution in [0.25, 0.3) is 10.2 Å². The molecule has 9 heteroatoms. The van der Waals surface area contributed by atoms with Gasteiger partial charge in [-0.05, 0) is 30.5 Å². The number of ketones is 1. The van der Waals surface area contributed by atoms with Crippen LogP contribution < -0.4 is 10.3 Å². The molecule has 5 nitrogen and oxygen atoms in total. The number of hydrogen-bond donors (Lipinski definition) is 0. The zero-order valence-corrected chi connectivity index (χ0v) is 16.5. The van der Waals surface area contributed by atoms with Crippen LogP contribution in [0.2, 0.25) is 0 Å². The Kier molecular flexibility index (Phi) is 6.25. The second-order valence-corrected chi connectivity index (χ2v) is 7.68. The molecule has 0 aliphatic rings. The number of carbonyl (C=O) groups is 1. The molecule has 0 aliphatic heterocycles. The number of allylic oxidation sites excluding steroid dienone is 1. The van der Waals surface area contributed by atoms with Gasteiger partial charge in [0, 0.05) is 6.54 Å². The smallest absolute Gasteiger partial charge is 0.387 e. The van der Waals surface area contributed by atoms with E-state index in [2.05, 4.69) is 16.3 Å². The molecule has 1 aromatic carbocycles. The van der Waals surface area contributed by atoms with E-state index in [0.29, 0.717) is 15.4 Å². The molecule has 0 amide bonds. The Balaban J connectivity index is 1.89. The quantitative estimate of drug-likeness (QED) is 0.231. The number of nitrogens with zero attached hydrogens (tertiary/aromatic N) is 2. The first-order valence-corrected chi connectivity index (χ1v) is 10.1. The molecule has 0 radical (unpaired) electrons. The lowest BCUT2D eigenvalue weighted by Crippen LogP contribution is -2.22. The number of hydrogen-bond acceptors (Lipinski definition) is 6. The standard InChI is InChI=1S/C19H16F2N2O3S2/c1-3-7-23-17(25)16-13(6-8-27-16)22-19(23)28-10-14(24)12-9-11(2)4-5-15(12)26-18(20)21/h3-6,8-9,18H,1,7,10H2,2H3. The first kappa shape index (κ1) is 20.2. The molecule has 3 aromatic rings. The molecule has 0 atom stereocenters. The normalized spacial score (nSPS) is 11.1. The van der Waals surface area contributed by atoms with E-state index in [-0.39, 0.29) is 29.2 Å². The van der Waals surface area contributed by atoms with Crippen LogP contribution in [-0.4, -0.2) is 27.7 Å². The fourth-order valence-electron chi connectivity index (χ4n) is 2.59. The average Bonchev–Trinajstić information content (AvgIpc) is 3.12. The van der Waals surface area contributed by atoms with E-state index < -0.39 is 12.4 Å². The van der Waals surface area contributed by atoms with Crippen LogP contribution in [0.3, 0.4) is 0 Å². The van der Waals surface area contributed by atoms with Gasteiger partial charge in [0.15, 0.2) is 10.9 Å². The second-order valence-electron chi connectivity index (χ2n) is 5.82. The largest absolute Gasteiger partial charge is 0.434 e. The molecule has 0 N–H and O–H groups in total. The highest BCUT2D eigenvalue weighted by Crippen LogP contribution is 2.26. The Morgan fingerprint density at radius 1 is 1.43 bits per heavy atom. The third kappa shape index (κ3) is 4.31. The van der Waals surface area contributed by atoms with Crippen molar-refractivity contribution in [1.29, 1.82) is 0 Å². The minimum Gasteiger partial charge on any atom is -0.434 e. The van der Waals surface area contributed by atoms with Gasteiger partial charge in [0.25, 0.3) is 5.56 Å². The summed E-state index contributed by atoms with van der Waals surface area (Å²) >= 11 is 2.37. The molecular formula is C19H16F2N2O3S2. The molecule has 0 saturated carbocycles. The fraction of sp³-hybridized carbons (Fsp3) is 0.211. The van der Waals surface area contributed by atoms with Crippen molar-refractivity contribution < 1.29 is 18.3 Å². The van der Waals surface area contributed by atoms with Gasteiger partial charge in [-0.1, -0.05) is 29.5 Å². The van der Waals surface area contributed by atoms with Gasteiger partial charge in [0.1, 0.15) is 10.4 Å². The molecular weight excluding hydrogens is 406 g/mol. The summed E-state index contributed by atoms with van der Waals surface area (Å²) in [7, 11) is 0. The maximum absolute atomic E-state index is 12.7. The lowest BCUT2D eigenvalue weighted by atomic mass is 10.1. The Bertz CT molecular complexity index is 1090. The Hall–Kier alpha value is -2.52. The summed E-state index contributed by atoms with van der Waals surface area (Å²) in [6.45, 7) is 2.63. The van der Waals surface area contributed by atoms with Crippen molar-refractivity contribution in [1.82, 2.24) is 9.55 Å². The molecule has 0 bridgehead atoms. The summed E-state index contributed by atoms with van der Waals surface area (Å²) < 4.78 is 31.7. The van der Waals surface area contributed by atoms with Crippen LogP contribution >= 0.6 is 23.1 Å². The number of alkyl halides is 2. The molecule has 0 fully saturated rings. The van der Waals surface area contributed by atoms with Gasteiger partial charge < -0.3 is 4.74 Å². The number of thioether (sulfide) groups is 1. The summed E-state index contributed by atoms with van der Waals surface area (Å²) in [5, 5.41) is 2.14. The monoisotopic (exact) mass is 422 g/mol. The van der Waals surface area contributed by atoms with Crippen molar-refractivity contribution >= 4 is 39.1 Å². The van der Waals surface area contributed by atoms with E-state index in [4.69, 9.17) is 0 Å². The zero-order chi connectivity index (χ0) is 20.3. The molecule has 0 unspecified atom stereocenters. The molecule has 3 rings (SSSR count). The fourth-order valence-corrected chi connectivity index (χ4v) is 4.26. The van der Waals surface area contributed by atoms with Crippen LogP contribution in [0, 0.1) is 6.92 Å². The van der Waals surface area contributed by atoms with E-state index >= 15 is 0 Å². The van der Waals surface area contributed by atoms with Crippen molar-refractivity contribution in [3.8, 4) is 5.75 Å². The third-order valence-corrected chi connectivity index (χ3v) is 5.69. The third-order valence-electron chi connectivity index (χ3n) is 3.83. The zero-order valence-electron chi connectivity index (χ0n) is 14.9. The number of ether oxygens (including phenoxy) is 1. The number of aryl methyl sites for hydroxylation is 1. The van der Waals surface area contributed by atoms with Crippen LogP contribution in [0.1, 0.15) is 15.9 Å². The topological polar surface area (TPSA) is 61.2 Å². The second kappa shape index (κ2) is 8.66. The highest BCUT2D eigenvalue weighted by atomic mass is 32.2. The van der Waals surface area contributed by atoms with Crippen LogP contribution in [-0.2, 0) is 6.54 Å². The molecule has 0 spiro atoms. The van der Waals surface area contributed by atoms with Gasteiger partial charge in [0.2, 0.25) is 0 Å².